The van der Waals surface area contributed by atoms with Gasteiger partial charge in [0.2, 0.25) is 0 Å². The molecule has 0 aromatic heterocycles. The van der Waals surface area contributed by atoms with E-state index in [-0.39, 0.29) is 11.9 Å². The van der Waals surface area contributed by atoms with E-state index in [0.717, 1.165) is 12.1 Å². The molecule has 1 rings (SSSR count). The molecule has 1 aromatic carbocycles. The number of anilines is 1. The molecule has 0 aliphatic heterocycles. The standard InChI is InChI=1S/C13H20N2O/c1-5-10(2)14-13(16)11-7-6-8-12(9-11)15(3)4/h6-10H,5H2,1-4H3,(H,14,16)/t10-/m0/s1. The molecule has 1 amide bonds. The van der Waals surface area contributed by atoms with Crippen LogP contribution in [0.4, 0.5) is 5.69 Å². The summed E-state index contributed by atoms with van der Waals surface area (Å²) in [5.41, 5.74) is 1.75. The summed E-state index contributed by atoms with van der Waals surface area (Å²) in [6, 6.07) is 7.85. The first-order chi connectivity index (χ1) is 7.54. The fourth-order valence-electron chi connectivity index (χ4n) is 1.33. The second-order valence-corrected chi connectivity index (χ2v) is 4.23. The summed E-state index contributed by atoms with van der Waals surface area (Å²) < 4.78 is 0. The van der Waals surface area contributed by atoms with E-state index in [1.54, 1.807) is 0 Å². The van der Waals surface area contributed by atoms with E-state index in [2.05, 4.69) is 12.2 Å². The van der Waals surface area contributed by atoms with Gasteiger partial charge < -0.3 is 10.2 Å². The molecule has 0 fully saturated rings. The van der Waals surface area contributed by atoms with Gasteiger partial charge in [0.05, 0.1) is 0 Å². The predicted octanol–water partition coefficient (Wildman–Crippen LogP) is 2.28. The number of carbonyl (C=O) groups is 1. The van der Waals surface area contributed by atoms with Crippen LogP contribution < -0.4 is 10.2 Å². The van der Waals surface area contributed by atoms with E-state index in [9.17, 15) is 4.79 Å². The van der Waals surface area contributed by atoms with Gasteiger partial charge in [-0.2, -0.15) is 0 Å². The first kappa shape index (κ1) is 12.6. The Morgan fingerprint density at radius 3 is 2.69 bits per heavy atom. The topological polar surface area (TPSA) is 32.3 Å². The predicted molar refractivity (Wildman–Crippen MR) is 68.0 cm³/mol. The van der Waals surface area contributed by atoms with Crippen LogP contribution in [0.5, 0.6) is 0 Å². The van der Waals surface area contributed by atoms with Crippen LogP contribution in [0.1, 0.15) is 30.6 Å². The Balaban J connectivity index is 2.79. The largest absolute Gasteiger partial charge is 0.378 e. The molecule has 0 saturated heterocycles. The molecule has 0 aliphatic carbocycles. The minimum Gasteiger partial charge on any atom is -0.378 e. The van der Waals surface area contributed by atoms with Crippen LogP contribution in [0, 0.1) is 0 Å². The summed E-state index contributed by atoms with van der Waals surface area (Å²) in [5, 5.41) is 2.95. The number of carbonyl (C=O) groups excluding carboxylic acids is 1. The molecular formula is C13H20N2O. The first-order valence-corrected chi connectivity index (χ1v) is 5.62. The van der Waals surface area contributed by atoms with Crippen molar-refractivity contribution in [1.82, 2.24) is 5.32 Å². The molecule has 1 N–H and O–H groups in total. The summed E-state index contributed by atoms with van der Waals surface area (Å²) in [6.45, 7) is 4.06. The SMILES string of the molecule is CC[C@H](C)NC(=O)c1cccc(N(C)C)c1. The van der Waals surface area contributed by atoms with Crippen molar-refractivity contribution in [3.63, 3.8) is 0 Å². The molecule has 0 heterocycles. The van der Waals surface area contributed by atoms with Crippen LogP contribution in [-0.4, -0.2) is 26.0 Å². The van der Waals surface area contributed by atoms with Gasteiger partial charge >= 0.3 is 0 Å². The fourth-order valence-corrected chi connectivity index (χ4v) is 1.33. The maximum Gasteiger partial charge on any atom is 0.251 e. The van der Waals surface area contributed by atoms with Crippen LogP contribution >= 0.6 is 0 Å². The maximum absolute atomic E-state index is 11.9. The molecule has 0 bridgehead atoms. The van der Waals surface area contributed by atoms with E-state index in [0.29, 0.717) is 5.56 Å². The van der Waals surface area contributed by atoms with Crippen molar-refractivity contribution in [2.24, 2.45) is 0 Å². The van der Waals surface area contributed by atoms with Crippen molar-refractivity contribution in [3.05, 3.63) is 29.8 Å². The molecule has 1 aromatic rings. The summed E-state index contributed by atoms with van der Waals surface area (Å²) in [5.74, 6) is -0.00181. The summed E-state index contributed by atoms with van der Waals surface area (Å²) in [7, 11) is 3.93. The highest BCUT2D eigenvalue weighted by Crippen LogP contribution is 2.13. The van der Waals surface area contributed by atoms with E-state index in [1.807, 2.05) is 50.2 Å². The number of nitrogens with one attached hydrogen (secondary N) is 1. The minimum absolute atomic E-state index is 0.00181. The monoisotopic (exact) mass is 220 g/mol. The maximum atomic E-state index is 11.9. The van der Waals surface area contributed by atoms with Gasteiger partial charge in [0.15, 0.2) is 0 Å². The number of hydrogen-bond acceptors (Lipinski definition) is 2. The van der Waals surface area contributed by atoms with Gasteiger partial charge in [-0.1, -0.05) is 13.0 Å². The number of benzene rings is 1. The molecule has 16 heavy (non-hydrogen) atoms. The Labute approximate surface area is 97.5 Å². The number of hydrogen-bond donors (Lipinski definition) is 1. The summed E-state index contributed by atoms with van der Waals surface area (Å²) in [6.07, 6.45) is 0.944. The van der Waals surface area contributed by atoms with Crippen LogP contribution in [-0.2, 0) is 0 Å². The van der Waals surface area contributed by atoms with Crippen LogP contribution in [0.2, 0.25) is 0 Å². The van der Waals surface area contributed by atoms with E-state index in [4.69, 9.17) is 0 Å². The Morgan fingerprint density at radius 1 is 1.44 bits per heavy atom. The average Bonchev–Trinajstić information content (AvgIpc) is 2.28. The molecule has 0 aliphatic rings. The van der Waals surface area contributed by atoms with Gasteiger partial charge in [0.25, 0.3) is 5.91 Å². The van der Waals surface area contributed by atoms with Crippen LogP contribution in [0.3, 0.4) is 0 Å². The smallest absolute Gasteiger partial charge is 0.251 e. The van der Waals surface area contributed by atoms with E-state index >= 15 is 0 Å². The van der Waals surface area contributed by atoms with Crippen molar-refractivity contribution < 1.29 is 4.79 Å². The van der Waals surface area contributed by atoms with Crippen molar-refractivity contribution in [2.75, 3.05) is 19.0 Å². The second-order valence-electron chi connectivity index (χ2n) is 4.23. The molecule has 0 saturated carbocycles. The van der Waals surface area contributed by atoms with Gasteiger partial charge in [-0.15, -0.1) is 0 Å². The van der Waals surface area contributed by atoms with Crippen LogP contribution in [0.25, 0.3) is 0 Å². The van der Waals surface area contributed by atoms with Gasteiger partial charge in [-0.25, -0.2) is 0 Å². The minimum atomic E-state index is -0.00181. The molecular weight excluding hydrogens is 200 g/mol. The highest BCUT2D eigenvalue weighted by molar-refractivity contribution is 5.95. The van der Waals surface area contributed by atoms with Crippen molar-refractivity contribution >= 4 is 11.6 Å². The summed E-state index contributed by atoms with van der Waals surface area (Å²) >= 11 is 0. The molecule has 1 atom stereocenters. The molecule has 88 valence electrons. The second kappa shape index (κ2) is 5.54. The lowest BCUT2D eigenvalue weighted by atomic mass is 10.1. The number of amides is 1. The Hall–Kier alpha value is -1.51. The third-order valence-electron chi connectivity index (χ3n) is 2.61. The highest BCUT2D eigenvalue weighted by Gasteiger charge is 2.08. The third kappa shape index (κ3) is 3.26. The number of nitrogens with zero attached hydrogens (tertiary/aromatic N) is 1. The Kier molecular flexibility index (Phi) is 4.35. The van der Waals surface area contributed by atoms with Crippen molar-refractivity contribution in [3.8, 4) is 0 Å². The number of rotatable bonds is 4. The lowest BCUT2D eigenvalue weighted by molar-refractivity contribution is 0.0939. The van der Waals surface area contributed by atoms with Crippen molar-refractivity contribution in [2.45, 2.75) is 26.3 Å². The highest BCUT2D eigenvalue weighted by atomic mass is 16.1. The lowest BCUT2D eigenvalue weighted by Gasteiger charge is -2.15. The van der Waals surface area contributed by atoms with E-state index < -0.39 is 0 Å². The normalized spacial score (nSPS) is 12.0. The molecule has 3 heteroatoms. The zero-order chi connectivity index (χ0) is 12.1. The molecule has 0 radical (unpaired) electrons. The Morgan fingerprint density at radius 2 is 2.12 bits per heavy atom. The Bertz CT molecular complexity index is 361. The van der Waals surface area contributed by atoms with Gasteiger partial charge in [-0.05, 0) is 31.5 Å². The molecule has 0 spiro atoms. The first-order valence-electron chi connectivity index (χ1n) is 5.62. The molecule has 0 unspecified atom stereocenters. The quantitative estimate of drug-likeness (QED) is 0.844. The van der Waals surface area contributed by atoms with Gasteiger partial charge in [0, 0.05) is 31.4 Å². The average molecular weight is 220 g/mol. The van der Waals surface area contributed by atoms with Crippen LogP contribution in [0.15, 0.2) is 24.3 Å². The lowest BCUT2D eigenvalue weighted by Crippen LogP contribution is -2.31. The molecule has 3 nitrogen and oxygen atoms in total. The third-order valence-corrected chi connectivity index (χ3v) is 2.61. The fraction of sp³-hybridized carbons (Fsp3) is 0.462. The van der Waals surface area contributed by atoms with Crippen molar-refractivity contribution in [1.29, 1.82) is 0 Å². The zero-order valence-electron chi connectivity index (χ0n) is 10.4. The van der Waals surface area contributed by atoms with Gasteiger partial charge in [0.1, 0.15) is 0 Å². The zero-order valence-corrected chi connectivity index (χ0v) is 10.4. The van der Waals surface area contributed by atoms with E-state index in [1.165, 1.54) is 0 Å². The summed E-state index contributed by atoms with van der Waals surface area (Å²) in [4.78, 5) is 13.8. The van der Waals surface area contributed by atoms with Gasteiger partial charge in [-0.3, -0.25) is 4.79 Å².